The van der Waals surface area contributed by atoms with E-state index in [2.05, 4.69) is 15.5 Å². The average Bonchev–Trinajstić information content (AvgIpc) is 3.20. The molecule has 0 saturated carbocycles. The normalized spacial score (nSPS) is 22.4. The van der Waals surface area contributed by atoms with Crippen LogP contribution in [0.1, 0.15) is 31.2 Å². The van der Waals surface area contributed by atoms with Crippen LogP contribution in [-0.4, -0.2) is 73.5 Å². The molecule has 7 heteroatoms. The zero-order valence-electron chi connectivity index (χ0n) is 16.4. The number of likely N-dealkylation sites (tertiary alicyclic amines) is 1. The van der Waals surface area contributed by atoms with Gasteiger partial charge in [0.25, 0.3) is 0 Å². The van der Waals surface area contributed by atoms with Crippen LogP contribution in [0.25, 0.3) is 0 Å². The standard InChI is InChI=1S/C21H30N4O3/c26-20(25-12-8-22-9-13-25)6-11-24-10-2-1-3-18(24)21(27)23-17-4-5-19-16(15-17)7-14-28-19/h4-5,15,18,22H,1-3,6-14H2,(H,23,27). The monoisotopic (exact) mass is 386 g/mol. The van der Waals surface area contributed by atoms with E-state index in [4.69, 9.17) is 4.74 Å². The number of hydrogen-bond acceptors (Lipinski definition) is 5. The molecule has 0 radical (unpaired) electrons. The number of carbonyl (C=O) groups is 2. The van der Waals surface area contributed by atoms with Gasteiger partial charge in [-0.25, -0.2) is 0 Å². The van der Waals surface area contributed by atoms with E-state index in [-0.39, 0.29) is 17.9 Å². The molecule has 7 nitrogen and oxygen atoms in total. The van der Waals surface area contributed by atoms with Crippen LogP contribution in [0.3, 0.4) is 0 Å². The molecule has 1 unspecified atom stereocenters. The average molecular weight is 386 g/mol. The van der Waals surface area contributed by atoms with E-state index in [1.54, 1.807) is 0 Å². The van der Waals surface area contributed by atoms with Gasteiger partial charge in [-0.3, -0.25) is 14.5 Å². The molecule has 3 aliphatic heterocycles. The van der Waals surface area contributed by atoms with Crippen LogP contribution in [0.4, 0.5) is 5.69 Å². The van der Waals surface area contributed by atoms with Gasteiger partial charge in [0.05, 0.1) is 12.6 Å². The van der Waals surface area contributed by atoms with Crippen molar-refractivity contribution in [1.82, 2.24) is 15.1 Å². The number of piperidine rings is 1. The van der Waals surface area contributed by atoms with Gasteiger partial charge in [0, 0.05) is 51.3 Å². The lowest BCUT2D eigenvalue weighted by molar-refractivity contribution is -0.133. The van der Waals surface area contributed by atoms with Crippen molar-refractivity contribution >= 4 is 17.5 Å². The molecule has 0 bridgehead atoms. The highest BCUT2D eigenvalue weighted by Gasteiger charge is 2.29. The number of piperazine rings is 1. The van der Waals surface area contributed by atoms with Gasteiger partial charge in [0.15, 0.2) is 0 Å². The maximum atomic E-state index is 12.9. The Labute approximate surface area is 166 Å². The topological polar surface area (TPSA) is 73.9 Å². The van der Waals surface area contributed by atoms with Gasteiger partial charge >= 0.3 is 0 Å². The summed E-state index contributed by atoms with van der Waals surface area (Å²) >= 11 is 0. The van der Waals surface area contributed by atoms with E-state index in [0.29, 0.717) is 19.6 Å². The highest BCUT2D eigenvalue weighted by molar-refractivity contribution is 5.95. The Hall–Kier alpha value is -2.12. The molecule has 1 aromatic carbocycles. The van der Waals surface area contributed by atoms with Crippen LogP contribution < -0.4 is 15.4 Å². The first kappa shape index (κ1) is 19.2. The number of nitrogens with one attached hydrogen (secondary N) is 2. The maximum Gasteiger partial charge on any atom is 0.241 e. The van der Waals surface area contributed by atoms with Crippen molar-refractivity contribution in [1.29, 1.82) is 0 Å². The van der Waals surface area contributed by atoms with Crippen molar-refractivity contribution in [2.45, 2.75) is 38.1 Å². The van der Waals surface area contributed by atoms with Crippen molar-refractivity contribution in [3.05, 3.63) is 23.8 Å². The molecule has 3 aliphatic rings. The molecule has 4 rings (SSSR count). The molecular weight excluding hydrogens is 356 g/mol. The summed E-state index contributed by atoms with van der Waals surface area (Å²) in [5.41, 5.74) is 1.98. The highest BCUT2D eigenvalue weighted by Crippen LogP contribution is 2.28. The van der Waals surface area contributed by atoms with Crippen molar-refractivity contribution in [3.8, 4) is 5.75 Å². The molecule has 2 fully saturated rings. The number of fused-ring (bicyclic) bond motifs is 1. The molecule has 0 aromatic heterocycles. The third kappa shape index (κ3) is 4.47. The number of ether oxygens (including phenoxy) is 1. The summed E-state index contributed by atoms with van der Waals surface area (Å²) in [6.45, 7) is 5.54. The summed E-state index contributed by atoms with van der Waals surface area (Å²) in [6, 6.07) is 5.70. The predicted octanol–water partition coefficient (Wildman–Crippen LogP) is 1.24. The minimum Gasteiger partial charge on any atom is -0.493 e. The Bertz CT molecular complexity index is 718. The van der Waals surface area contributed by atoms with E-state index in [1.807, 2.05) is 23.1 Å². The Morgan fingerprint density at radius 2 is 2.04 bits per heavy atom. The minimum absolute atomic E-state index is 0.0354. The fourth-order valence-corrected chi connectivity index (χ4v) is 4.36. The number of nitrogens with zero attached hydrogens (tertiary/aromatic N) is 2. The van der Waals surface area contributed by atoms with E-state index in [1.165, 1.54) is 0 Å². The second-order valence-electron chi connectivity index (χ2n) is 7.84. The minimum atomic E-state index is -0.158. The Balaban J connectivity index is 1.33. The van der Waals surface area contributed by atoms with Crippen LogP contribution in [-0.2, 0) is 16.0 Å². The van der Waals surface area contributed by atoms with Gasteiger partial charge in [-0.2, -0.15) is 0 Å². The molecular formula is C21H30N4O3. The van der Waals surface area contributed by atoms with Gasteiger partial charge in [-0.1, -0.05) is 6.42 Å². The molecule has 1 aromatic rings. The van der Waals surface area contributed by atoms with E-state index in [9.17, 15) is 9.59 Å². The van der Waals surface area contributed by atoms with Crippen LogP contribution >= 0.6 is 0 Å². The van der Waals surface area contributed by atoms with E-state index >= 15 is 0 Å². The summed E-state index contributed by atoms with van der Waals surface area (Å²) in [4.78, 5) is 29.5. The Kier molecular flexibility index (Phi) is 6.12. The number of hydrogen-bond donors (Lipinski definition) is 2. The second kappa shape index (κ2) is 8.92. The third-order valence-electron chi connectivity index (χ3n) is 5.96. The number of rotatable bonds is 5. The van der Waals surface area contributed by atoms with Gasteiger partial charge in [-0.15, -0.1) is 0 Å². The SMILES string of the molecule is O=C(Nc1ccc2c(c1)CCO2)C1CCCCN1CCC(=O)N1CCNCC1. The first-order chi connectivity index (χ1) is 13.7. The largest absolute Gasteiger partial charge is 0.493 e. The first-order valence-corrected chi connectivity index (χ1v) is 10.5. The van der Waals surface area contributed by atoms with Crippen molar-refractivity contribution < 1.29 is 14.3 Å². The fraction of sp³-hybridized carbons (Fsp3) is 0.619. The van der Waals surface area contributed by atoms with Crippen LogP contribution in [0.15, 0.2) is 18.2 Å². The van der Waals surface area contributed by atoms with E-state index < -0.39 is 0 Å². The van der Waals surface area contributed by atoms with Crippen LogP contribution in [0.2, 0.25) is 0 Å². The van der Waals surface area contributed by atoms with Crippen molar-refractivity contribution in [2.24, 2.45) is 0 Å². The molecule has 3 heterocycles. The molecule has 1 atom stereocenters. The first-order valence-electron chi connectivity index (χ1n) is 10.5. The summed E-state index contributed by atoms with van der Waals surface area (Å²) in [5, 5.41) is 6.35. The lowest BCUT2D eigenvalue weighted by Crippen LogP contribution is -2.50. The molecule has 0 spiro atoms. The summed E-state index contributed by atoms with van der Waals surface area (Å²) in [6.07, 6.45) is 4.37. The van der Waals surface area contributed by atoms with Crippen molar-refractivity contribution in [2.75, 3.05) is 51.2 Å². The summed E-state index contributed by atoms with van der Waals surface area (Å²) in [5.74, 6) is 1.15. The van der Waals surface area contributed by atoms with Gasteiger partial charge in [0.2, 0.25) is 11.8 Å². The summed E-state index contributed by atoms with van der Waals surface area (Å²) < 4.78 is 5.54. The third-order valence-corrected chi connectivity index (χ3v) is 5.96. The highest BCUT2D eigenvalue weighted by atomic mass is 16.5. The number of benzene rings is 1. The smallest absolute Gasteiger partial charge is 0.241 e. The van der Waals surface area contributed by atoms with Crippen molar-refractivity contribution in [3.63, 3.8) is 0 Å². The molecule has 2 amide bonds. The number of anilines is 1. The number of amides is 2. The van der Waals surface area contributed by atoms with E-state index in [0.717, 1.165) is 75.4 Å². The second-order valence-corrected chi connectivity index (χ2v) is 7.84. The van der Waals surface area contributed by atoms with Gasteiger partial charge in [-0.05, 0) is 43.1 Å². The molecule has 2 N–H and O–H groups in total. The van der Waals surface area contributed by atoms with Crippen LogP contribution in [0.5, 0.6) is 5.75 Å². The Morgan fingerprint density at radius 3 is 2.89 bits per heavy atom. The fourth-order valence-electron chi connectivity index (χ4n) is 4.36. The zero-order valence-corrected chi connectivity index (χ0v) is 16.4. The lowest BCUT2D eigenvalue weighted by Gasteiger charge is -2.35. The van der Waals surface area contributed by atoms with Crippen LogP contribution in [0, 0.1) is 0 Å². The number of carbonyl (C=O) groups excluding carboxylic acids is 2. The quantitative estimate of drug-likeness (QED) is 0.797. The zero-order chi connectivity index (χ0) is 19.3. The molecule has 152 valence electrons. The van der Waals surface area contributed by atoms with Gasteiger partial charge in [0.1, 0.15) is 5.75 Å². The molecule has 28 heavy (non-hydrogen) atoms. The predicted molar refractivity (Wildman–Crippen MR) is 108 cm³/mol. The summed E-state index contributed by atoms with van der Waals surface area (Å²) in [7, 11) is 0. The molecule has 0 aliphatic carbocycles. The Morgan fingerprint density at radius 1 is 1.18 bits per heavy atom. The molecule has 2 saturated heterocycles. The van der Waals surface area contributed by atoms with Gasteiger partial charge < -0.3 is 20.3 Å². The lowest BCUT2D eigenvalue weighted by atomic mass is 10.0. The maximum absolute atomic E-state index is 12.9.